The Kier molecular flexibility index (Phi) is 6.14. The Morgan fingerprint density at radius 3 is 3.05 bits per heavy atom. The van der Waals surface area contributed by atoms with Gasteiger partial charge in [-0.15, -0.1) is 22.6 Å². The molecule has 1 aliphatic heterocycles. The van der Waals surface area contributed by atoms with Crippen molar-refractivity contribution in [1.82, 2.24) is 15.5 Å². The Labute approximate surface area is 143 Å². The molecule has 0 spiro atoms. The van der Waals surface area contributed by atoms with Crippen LogP contribution in [0.25, 0.3) is 0 Å². The van der Waals surface area contributed by atoms with E-state index in [1.54, 1.807) is 0 Å². The molecule has 3 rings (SSSR count). The second-order valence-corrected chi connectivity index (χ2v) is 6.44. The van der Waals surface area contributed by atoms with Crippen molar-refractivity contribution in [2.75, 3.05) is 11.9 Å². The molecule has 1 aromatic carbocycles. The lowest BCUT2D eigenvalue weighted by Gasteiger charge is -2.07. The van der Waals surface area contributed by atoms with Crippen LogP contribution in [0, 0.1) is 0 Å². The lowest BCUT2D eigenvalue weighted by molar-refractivity contribution is -0.117. The molecular formula is C14H16Cl2N4OS. The van der Waals surface area contributed by atoms with Gasteiger partial charge in [-0.2, -0.15) is 0 Å². The molecule has 0 saturated carbocycles. The zero-order chi connectivity index (χ0) is 14.7. The fraction of sp³-hybridized carbons (Fsp3) is 0.357. The van der Waals surface area contributed by atoms with Gasteiger partial charge in [0.1, 0.15) is 5.01 Å². The van der Waals surface area contributed by atoms with Gasteiger partial charge in [0.25, 0.3) is 0 Å². The lowest BCUT2D eigenvalue weighted by atomic mass is 10.2. The van der Waals surface area contributed by atoms with Gasteiger partial charge in [0, 0.05) is 11.4 Å². The van der Waals surface area contributed by atoms with Gasteiger partial charge in [-0.1, -0.05) is 35.1 Å². The minimum atomic E-state index is -0.106. The number of amides is 1. The van der Waals surface area contributed by atoms with Gasteiger partial charge in [0.2, 0.25) is 11.0 Å². The van der Waals surface area contributed by atoms with E-state index in [1.807, 2.05) is 24.3 Å². The number of nitrogens with zero attached hydrogens (tertiary/aromatic N) is 2. The Hall–Kier alpha value is -1.21. The van der Waals surface area contributed by atoms with E-state index in [2.05, 4.69) is 20.8 Å². The smallest absolute Gasteiger partial charge is 0.243 e. The SMILES string of the molecule is Cl.O=C(Nc1nnc(Cc2cccc(Cl)c2)s1)C1CCCN1. The third-order valence-electron chi connectivity index (χ3n) is 3.32. The first-order valence-electron chi connectivity index (χ1n) is 6.82. The quantitative estimate of drug-likeness (QED) is 0.881. The number of hydrogen-bond acceptors (Lipinski definition) is 5. The zero-order valence-corrected chi connectivity index (χ0v) is 14.1. The molecule has 1 amide bonds. The zero-order valence-electron chi connectivity index (χ0n) is 11.7. The highest BCUT2D eigenvalue weighted by Gasteiger charge is 2.22. The van der Waals surface area contributed by atoms with Crippen molar-refractivity contribution in [3.8, 4) is 0 Å². The number of benzene rings is 1. The van der Waals surface area contributed by atoms with Crippen LogP contribution in [0.2, 0.25) is 5.02 Å². The number of hydrogen-bond donors (Lipinski definition) is 2. The number of aromatic nitrogens is 2. The molecule has 0 radical (unpaired) electrons. The maximum absolute atomic E-state index is 12.0. The monoisotopic (exact) mass is 358 g/mol. The molecule has 118 valence electrons. The van der Waals surface area contributed by atoms with Crippen molar-refractivity contribution in [3.05, 3.63) is 39.9 Å². The molecule has 1 saturated heterocycles. The van der Waals surface area contributed by atoms with Crippen molar-refractivity contribution in [3.63, 3.8) is 0 Å². The van der Waals surface area contributed by atoms with Crippen molar-refractivity contribution in [2.45, 2.75) is 25.3 Å². The van der Waals surface area contributed by atoms with E-state index in [-0.39, 0.29) is 24.4 Å². The molecular weight excluding hydrogens is 343 g/mol. The predicted molar refractivity (Wildman–Crippen MR) is 91.1 cm³/mol. The second kappa shape index (κ2) is 7.87. The van der Waals surface area contributed by atoms with E-state index < -0.39 is 0 Å². The van der Waals surface area contributed by atoms with E-state index in [4.69, 9.17) is 11.6 Å². The maximum Gasteiger partial charge on any atom is 0.243 e. The molecule has 2 N–H and O–H groups in total. The van der Waals surface area contributed by atoms with Crippen LogP contribution >= 0.6 is 35.3 Å². The molecule has 8 heteroatoms. The summed E-state index contributed by atoms with van der Waals surface area (Å²) in [5, 5.41) is 16.2. The number of halogens is 2. The number of carbonyl (C=O) groups is 1. The van der Waals surface area contributed by atoms with Crippen molar-refractivity contribution >= 4 is 46.4 Å². The summed E-state index contributed by atoms with van der Waals surface area (Å²) in [6.45, 7) is 0.897. The molecule has 2 aromatic rings. The van der Waals surface area contributed by atoms with Gasteiger partial charge in [-0.25, -0.2) is 0 Å². The first-order chi connectivity index (χ1) is 10.2. The first-order valence-corrected chi connectivity index (χ1v) is 8.01. The lowest BCUT2D eigenvalue weighted by Crippen LogP contribution is -2.35. The van der Waals surface area contributed by atoms with E-state index >= 15 is 0 Å². The summed E-state index contributed by atoms with van der Waals surface area (Å²) in [5.74, 6) is -0.0297. The summed E-state index contributed by atoms with van der Waals surface area (Å²) in [5.41, 5.74) is 1.08. The molecule has 1 aliphatic rings. The molecule has 0 bridgehead atoms. The predicted octanol–water partition coefficient (Wildman–Crippen LogP) is 2.89. The summed E-state index contributed by atoms with van der Waals surface area (Å²) >= 11 is 7.36. The molecule has 1 unspecified atom stereocenters. The van der Waals surface area contributed by atoms with E-state index in [0.717, 1.165) is 30.0 Å². The molecule has 1 aromatic heterocycles. The second-order valence-electron chi connectivity index (χ2n) is 4.95. The highest BCUT2D eigenvalue weighted by molar-refractivity contribution is 7.15. The van der Waals surface area contributed by atoms with Crippen molar-refractivity contribution < 1.29 is 4.79 Å². The fourth-order valence-electron chi connectivity index (χ4n) is 2.30. The highest BCUT2D eigenvalue weighted by atomic mass is 35.5. The van der Waals surface area contributed by atoms with Crippen LogP contribution in [0.4, 0.5) is 5.13 Å². The number of rotatable bonds is 4. The average molecular weight is 359 g/mol. The Bertz CT molecular complexity index is 643. The number of nitrogens with one attached hydrogen (secondary N) is 2. The minimum absolute atomic E-state index is 0. The van der Waals surface area contributed by atoms with E-state index in [1.165, 1.54) is 11.3 Å². The van der Waals surface area contributed by atoms with Gasteiger partial charge >= 0.3 is 0 Å². The van der Waals surface area contributed by atoms with E-state index in [0.29, 0.717) is 16.6 Å². The molecule has 22 heavy (non-hydrogen) atoms. The summed E-state index contributed by atoms with van der Waals surface area (Å²) < 4.78 is 0. The normalized spacial score (nSPS) is 17.0. The number of anilines is 1. The highest BCUT2D eigenvalue weighted by Crippen LogP contribution is 2.20. The molecule has 0 aliphatic carbocycles. The van der Waals surface area contributed by atoms with Gasteiger partial charge in [0.15, 0.2) is 0 Å². The fourth-order valence-corrected chi connectivity index (χ4v) is 3.29. The van der Waals surface area contributed by atoms with Gasteiger partial charge in [-0.05, 0) is 37.1 Å². The van der Waals surface area contributed by atoms with Crippen LogP contribution in [0.15, 0.2) is 24.3 Å². The standard InChI is InChI=1S/C14H15ClN4OS.ClH/c15-10-4-1-3-9(7-10)8-12-18-19-14(21-12)17-13(20)11-5-2-6-16-11;/h1,3-4,7,11,16H,2,5-6,8H2,(H,17,19,20);1H. The third kappa shape index (κ3) is 4.39. The Morgan fingerprint density at radius 2 is 2.32 bits per heavy atom. The molecule has 1 fully saturated rings. The summed E-state index contributed by atoms with van der Waals surface area (Å²) in [6, 6.07) is 7.54. The Balaban J connectivity index is 0.00000176. The summed E-state index contributed by atoms with van der Waals surface area (Å²) in [7, 11) is 0. The van der Waals surface area contributed by atoms with Crippen LogP contribution in [-0.2, 0) is 11.2 Å². The van der Waals surface area contributed by atoms with Crippen molar-refractivity contribution in [1.29, 1.82) is 0 Å². The average Bonchev–Trinajstić information content (AvgIpc) is 3.10. The summed E-state index contributed by atoms with van der Waals surface area (Å²) in [6.07, 6.45) is 2.57. The Morgan fingerprint density at radius 1 is 1.45 bits per heavy atom. The van der Waals surface area contributed by atoms with Gasteiger partial charge in [-0.3, -0.25) is 10.1 Å². The molecule has 2 heterocycles. The number of carbonyl (C=O) groups excluding carboxylic acids is 1. The topological polar surface area (TPSA) is 66.9 Å². The van der Waals surface area contributed by atoms with E-state index in [9.17, 15) is 4.79 Å². The minimum Gasteiger partial charge on any atom is -0.306 e. The van der Waals surface area contributed by atoms with Crippen LogP contribution in [0.1, 0.15) is 23.4 Å². The summed E-state index contributed by atoms with van der Waals surface area (Å²) in [4.78, 5) is 12.0. The van der Waals surface area contributed by atoms with Crippen LogP contribution in [-0.4, -0.2) is 28.7 Å². The van der Waals surface area contributed by atoms with Crippen LogP contribution in [0.5, 0.6) is 0 Å². The van der Waals surface area contributed by atoms with Gasteiger partial charge in [0.05, 0.1) is 6.04 Å². The van der Waals surface area contributed by atoms with Crippen LogP contribution in [0.3, 0.4) is 0 Å². The van der Waals surface area contributed by atoms with Crippen molar-refractivity contribution in [2.24, 2.45) is 0 Å². The molecule has 1 atom stereocenters. The largest absolute Gasteiger partial charge is 0.306 e. The maximum atomic E-state index is 12.0. The molecule has 5 nitrogen and oxygen atoms in total. The van der Waals surface area contributed by atoms with Crippen LogP contribution < -0.4 is 10.6 Å². The third-order valence-corrected chi connectivity index (χ3v) is 4.39. The van der Waals surface area contributed by atoms with Gasteiger partial charge < -0.3 is 5.32 Å². The first kappa shape index (κ1) is 17.1.